The Balaban J connectivity index is 1.74. The minimum atomic E-state index is -0.587. The predicted molar refractivity (Wildman–Crippen MR) is 93.7 cm³/mol. The van der Waals surface area contributed by atoms with Crippen LogP contribution in [-0.2, 0) is 9.59 Å². The lowest BCUT2D eigenvalue weighted by Crippen LogP contribution is -2.57. The van der Waals surface area contributed by atoms with Crippen LogP contribution in [0, 0.1) is 34.5 Å². The summed E-state index contributed by atoms with van der Waals surface area (Å²) < 4.78 is 0. The lowest BCUT2D eigenvalue weighted by molar-refractivity contribution is -0.145. The van der Waals surface area contributed by atoms with Crippen LogP contribution >= 0.6 is 0 Å². The summed E-state index contributed by atoms with van der Waals surface area (Å²) in [6.07, 6.45) is 5.27. The highest BCUT2D eigenvalue weighted by Crippen LogP contribution is 2.66. The van der Waals surface area contributed by atoms with Crippen LogP contribution in [-0.4, -0.2) is 34.0 Å². The third kappa shape index (κ3) is 2.26. The number of carbonyl (C=O) groups excluding carboxylic acids is 2. The summed E-state index contributed by atoms with van der Waals surface area (Å²) in [5.74, 6) is 0.647. The van der Waals surface area contributed by atoms with Crippen LogP contribution < -0.4 is 0 Å². The molecule has 2 N–H and O–H groups in total. The number of carbonyl (C=O) groups is 2. The van der Waals surface area contributed by atoms with Gasteiger partial charge in [0.2, 0.25) is 0 Å². The first-order valence-electron chi connectivity index (χ1n) is 9.79. The van der Waals surface area contributed by atoms with Gasteiger partial charge >= 0.3 is 0 Å². The Labute approximate surface area is 149 Å². The van der Waals surface area contributed by atoms with Crippen molar-refractivity contribution in [1.82, 2.24) is 0 Å². The van der Waals surface area contributed by atoms with E-state index in [1.54, 1.807) is 6.92 Å². The number of hydrogen-bond acceptors (Lipinski definition) is 4. The topological polar surface area (TPSA) is 74.6 Å². The van der Waals surface area contributed by atoms with Crippen molar-refractivity contribution >= 4 is 11.6 Å². The van der Waals surface area contributed by atoms with E-state index in [0.717, 1.165) is 19.3 Å². The Bertz CT molecular complexity index is 652. The average molecular weight is 346 g/mol. The van der Waals surface area contributed by atoms with Gasteiger partial charge in [-0.15, -0.1) is 0 Å². The van der Waals surface area contributed by atoms with Crippen LogP contribution in [0.2, 0.25) is 0 Å². The lowest BCUT2D eigenvalue weighted by Gasteiger charge is -2.59. The largest absolute Gasteiger partial charge is 0.393 e. The summed E-state index contributed by atoms with van der Waals surface area (Å²) in [4.78, 5) is 24.1. The molecule has 8 unspecified atom stereocenters. The fourth-order valence-electron chi connectivity index (χ4n) is 7.44. The molecule has 0 saturated heterocycles. The molecule has 0 amide bonds. The van der Waals surface area contributed by atoms with E-state index in [-0.39, 0.29) is 40.2 Å². The standard InChI is InChI=1S/C21H30O4/c1-11(22)18-16(24)9-15-14-5-4-12-8-13(23)6-7-20(12,2)19(14)17(25)10-21(15,18)3/h8,14-19,24-25H,4-7,9-10H2,1-3H3. The molecule has 0 aromatic heterocycles. The van der Waals surface area contributed by atoms with Gasteiger partial charge in [0.1, 0.15) is 5.78 Å². The van der Waals surface area contributed by atoms with Gasteiger partial charge in [0, 0.05) is 12.3 Å². The number of allylic oxidation sites excluding steroid dienone is 1. The number of aliphatic hydroxyl groups excluding tert-OH is 2. The highest BCUT2D eigenvalue weighted by atomic mass is 16.3. The van der Waals surface area contributed by atoms with E-state index >= 15 is 0 Å². The molecule has 0 spiro atoms. The molecule has 3 fully saturated rings. The van der Waals surface area contributed by atoms with Crippen molar-refractivity contribution in [2.45, 2.75) is 71.5 Å². The molecule has 0 bridgehead atoms. The zero-order chi connectivity index (χ0) is 18.1. The van der Waals surface area contributed by atoms with E-state index in [0.29, 0.717) is 25.2 Å². The SMILES string of the molecule is CC(=O)C1C(O)CC2C3CCC4=CC(=O)CCC4(C)C3C(O)CC21C. The second-order valence-corrected chi connectivity index (χ2v) is 9.56. The van der Waals surface area contributed by atoms with Crippen LogP contribution in [0.25, 0.3) is 0 Å². The van der Waals surface area contributed by atoms with Gasteiger partial charge in [-0.3, -0.25) is 9.59 Å². The molecule has 0 aromatic carbocycles. The smallest absolute Gasteiger partial charge is 0.155 e. The van der Waals surface area contributed by atoms with E-state index in [2.05, 4.69) is 13.8 Å². The summed E-state index contributed by atoms with van der Waals surface area (Å²) in [5, 5.41) is 21.8. The first-order chi connectivity index (χ1) is 11.7. The van der Waals surface area contributed by atoms with Crippen LogP contribution in [0.3, 0.4) is 0 Å². The Morgan fingerprint density at radius 2 is 1.92 bits per heavy atom. The molecule has 4 aliphatic rings. The van der Waals surface area contributed by atoms with Gasteiger partial charge in [0.05, 0.1) is 12.2 Å². The summed E-state index contributed by atoms with van der Waals surface area (Å²) in [6.45, 7) is 5.91. The van der Waals surface area contributed by atoms with Gasteiger partial charge in [-0.2, -0.15) is 0 Å². The molecule has 8 atom stereocenters. The molecular formula is C21H30O4. The van der Waals surface area contributed by atoms with Crippen molar-refractivity contribution in [1.29, 1.82) is 0 Å². The van der Waals surface area contributed by atoms with Crippen LogP contribution in [0.15, 0.2) is 11.6 Å². The lowest BCUT2D eigenvalue weighted by atomic mass is 9.46. The molecule has 138 valence electrons. The molecule has 4 nitrogen and oxygen atoms in total. The van der Waals surface area contributed by atoms with Crippen molar-refractivity contribution < 1.29 is 19.8 Å². The van der Waals surface area contributed by atoms with E-state index in [1.165, 1.54) is 5.57 Å². The quantitative estimate of drug-likeness (QED) is 0.765. The molecule has 0 aromatic rings. The van der Waals surface area contributed by atoms with Crippen molar-refractivity contribution in [3.05, 3.63) is 11.6 Å². The highest BCUT2D eigenvalue weighted by Gasteiger charge is 2.64. The second-order valence-electron chi connectivity index (χ2n) is 9.56. The van der Waals surface area contributed by atoms with Gasteiger partial charge in [0.15, 0.2) is 5.78 Å². The zero-order valence-electron chi connectivity index (χ0n) is 15.5. The third-order valence-electron chi connectivity index (χ3n) is 8.36. The maximum Gasteiger partial charge on any atom is 0.155 e. The van der Waals surface area contributed by atoms with Crippen molar-refractivity contribution in [3.63, 3.8) is 0 Å². The van der Waals surface area contributed by atoms with E-state index < -0.39 is 12.2 Å². The molecule has 3 saturated carbocycles. The van der Waals surface area contributed by atoms with Gasteiger partial charge in [-0.25, -0.2) is 0 Å². The molecule has 0 aliphatic heterocycles. The molecule has 4 heteroatoms. The second kappa shape index (κ2) is 5.50. The molecule has 0 heterocycles. The first-order valence-corrected chi connectivity index (χ1v) is 9.79. The van der Waals surface area contributed by atoms with E-state index in [1.807, 2.05) is 6.08 Å². The van der Waals surface area contributed by atoms with Gasteiger partial charge in [-0.05, 0) is 73.7 Å². The van der Waals surface area contributed by atoms with E-state index in [9.17, 15) is 19.8 Å². The normalized spacial score (nSPS) is 52.0. The summed E-state index contributed by atoms with van der Waals surface area (Å²) in [6, 6.07) is 0. The van der Waals surface area contributed by atoms with Crippen molar-refractivity contribution in [3.8, 4) is 0 Å². The summed E-state index contributed by atoms with van der Waals surface area (Å²) >= 11 is 0. The average Bonchev–Trinajstić information content (AvgIpc) is 2.77. The van der Waals surface area contributed by atoms with Gasteiger partial charge < -0.3 is 10.2 Å². The third-order valence-corrected chi connectivity index (χ3v) is 8.36. The van der Waals surface area contributed by atoms with E-state index in [4.69, 9.17) is 0 Å². The number of ketones is 2. The monoisotopic (exact) mass is 346 g/mol. The van der Waals surface area contributed by atoms with Gasteiger partial charge in [0.25, 0.3) is 0 Å². The van der Waals surface area contributed by atoms with Crippen molar-refractivity contribution in [2.75, 3.05) is 0 Å². The van der Waals surface area contributed by atoms with Gasteiger partial charge in [-0.1, -0.05) is 19.4 Å². The predicted octanol–water partition coefficient (Wildman–Crippen LogP) is 2.67. The number of rotatable bonds is 1. The Kier molecular flexibility index (Phi) is 3.83. The molecule has 0 radical (unpaired) electrons. The Morgan fingerprint density at radius 1 is 1.20 bits per heavy atom. The Morgan fingerprint density at radius 3 is 2.60 bits per heavy atom. The van der Waals surface area contributed by atoms with Crippen LogP contribution in [0.5, 0.6) is 0 Å². The van der Waals surface area contributed by atoms with Crippen LogP contribution in [0.1, 0.15) is 59.3 Å². The zero-order valence-corrected chi connectivity index (χ0v) is 15.5. The molecule has 25 heavy (non-hydrogen) atoms. The number of Topliss-reactive ketones (excluding diaryl/α,β-unsaturated/α-hetero) is 1. The fraction of sp³-hybridized carbons (Fsp3) is 0.810. The molecule has 4 aliphatic carbocycles. The first kappa shape index (κ1) is 17.4. The Hall–Kier alpha value is -1.00. The molecular weight excluding hydrogens is 316 g/mol. The highest BCUT2D eigenvalue weighted by molar-refractivity contribution is 5.91. The minimum Gasteiger partial charge on any atom is -0.393 e. The molecule has 4 rings (SSSR count). The fourth-order valence-corrected chi connectivity index (χ4v) is 7.44. The number of aliphatic hydroxyl groups is 2. The van der Waals surface area contributed by atoms with Crippen molar-refractivity contribution in [2.24, 2.45) is 34.5 Å². The maximum atomic E-state index is 12.2. The van der Waals surface area contributed by atoms with Crippen LogP contribution in [0.4, 0.5) is 0 Å². The minimum absolute atomic E-state index is 0.0500. The summed E-state index contributed by atoms with van der Waals surface area (Å²) in [5.41, 5.74) is 0.791. The number of hydrogen-bond donors (Lipinski definition) is 2. The maximum absolute atomic E-state index is 12.2. The summed E-state index contributed by atoms with van der Waals surface area (Å²) in [7, 11) is 0. The number of fused-ring (bicyclic) bond motifs is 5.